The van der Waals surface area contributed by atoms with Crippen LogP contribution >= 0.6 is 0 Å². The third-order valence-corrected chi connectivity index (χ3v) is 7.18. The Morgan fingerprint density at radius 1 is 1.18 bits per heavy atom. The summed E-state index contributed by atoms with van der Waals surface area (Å²) in [6.45, 7) is 0. The Bertz CT molecular complexity index is 1050. The predicted molar refractivity (Wildman–Crippen MR) is 104 cm³/mol. The zero-order chi connectivity index (χ0) is 20.4. The van der Waals surface area contributed by atoms with Crippen molar-refractivity contribution in [2.75, 3.05) is 5.75 Å². The molecule has 2 aromatic carbocycles. The average Bonchev–Trinajstić information content (AvgIpc) is 2.70. The van der Waals surface area contributed by atoms with Crippen LogP contribution in [0, 0.1) is 35.4 Å². The van der Waals surface area contributed by atoms with Crippen molar-refractivity contribution < 1.29 is 17.9 Å². The van der Waals surface area contributed by atoms with E-state index in [1.807, 2.05) is 6.07 Å². The van der Waals surface area contributed by atoms with E-state index < -0.39 is 21.3 Å². The minimum absolute atomic E-state index is 0.00176. The Balaban J connectivity index is 1.74. The fourth-order valence-corrected chi connectivity index (χ4v) is 5.23. The van der Waals surface area contributed by atoms with E-state index in [1.54, 1.807) is 12.1 Å². The van der Waals surface area contributed by atoms with Crippen molar-refractivity contribution >= 4 is 9.84 Å². The summed E-state index contributed by atoms with van der Waals surface area (Å²) in [7, 11) is -3.49. The van der Waals surface area contributed by atoms with E-state index in [0.717, 1.165) is 6.07 Å². The summed E-state index contributed by atoms with van der Waals surface area (Å²) < 4.78 is 39.6. The molecule has 0 spiro atoms. The minimum atomic E-state index is -3.49. The summed E-state index contributed by atoms with van der Waals surface area (Å²) in [5, 5.41) is 18.9. The molecule has 1 saturated carbocycles. The van der Waals surface area contributed by atoms with E-state index in [-0.39, 0.29) is 22.1 Å². The van der Waals surface area contributed by atoms with Crippen LogP contribution in [0.2, 0.25) is 0 Å². The van der Waals surface area contributed by atoms with Crippen molar-refractivity contribution in [3.05, 3.63) is 53.8 Å². The fraction of sp³-hybridized carbons (Fsp3) is 0.318. The van der Waals surface area contributed by atoms with Gasteiger partial charge in [0.2, 0.25) is 0 Å². The molecule has 1 aliphatic rings. The van der Waals surface area contributed by atoms with Gasteiger partial charge in [-0.05, 0) is 61.4 Å². The summed E-state index contributed by atoms with van der Waals surface area (Å²) in [5.41, 5.74) is -0.0428. The van der Waals surface area contributed by atoms with Gasteiger partial charge in [0, 0.05) is 5.56 Å². The summed E-state index contributed by atoms with van der Waals surface area (Å²) in [6, 6.07) is 12.1. The Morgan fingerprint density at radius 3 is 2.36 bits per heavy atom. The molecule has 2 aromatic rings. The summed E-state index contributed by atoms with van der Waals surface area (Å²) in [5.74, 6) is 1.81. The maximum Gasteiger partial charge on any atom is 0.178 e. The quantitative estimate of drug-likeness (QED) is 0.798. The average molecular weight is 397 g/mol. The number of terminal acetylenes is 1. The topological polar surface area (TPSA) is 78.2 Å². The summed E-state index contributed by atoms with van der Waals surface area (Å²) in [6.07, 6.45) is 7.26. The van der Waals surface area contributed by atoms with Gasteiger partial charge < -0.3 is 5.11 Å². The van der Waals surface area contributed by atoms with Crippen molar-refractivity contribution in [2.24, 2.45) is 5.92 Å². The molecular formula is C22H20FNO3S. The predicted octanol–water partition coefficient (Wildman–Crippen LogP) is 3.69. The third-order valence-electron chi connectivity index (χ3n) is 5.28. The van der Waals surface area contributed by atoms with Crippen LogP contribution in [-0.4, -0.2) is 24.9 Å². The zero-order valence-electron chi connectivity index (χ0n) is 15.2. The van der Waals surface area contributed by atoms with Crippen molar-refractivity contribution in [3.8, 4) is 29.5 Å². The van der Waals surface area contributed by atoms with Crippen LogP contribution in [0.15, 0.2) is 47.4 Å². The molecule has 0 radical (unpaired) electrons. The van der Waals surface area contributed by atoms with Gasteiger partial charge in [0.05, 0.1) is 22.3 Å². The maximum atomic E-state index is 14.2. The first-order valence-electron chi connectivity index (χ1n) is 8.99. The molecule has 0 atom stereocenters. The highest BCUT2D eigenvalue weighted by molar-refractivity contribution is 7.91. The number of rotatable bonds is 4. The first-order chi connectivity index (χ1) is 13.3. The molecule has 0 bridgehead atoms. The van der Waals surface area contributed by atoms with Gasteiger partial charge in [-0.2, -0.15) is 5.26 Å². The van der Waals surface area contributed by atoms with Crippen LogP contribution in [0.5, 0.6) is 0 Å². The number of nitriles is 1. The van der Waals surface area contributed by atoms with Gasteiger partial charge in [0.25, 0.3) is 0 Å². The highest BCUT2D eigenvalue weighted by atomic mass is 32.2. The van der Waals surface area contributed by atoms with Crippen LogP contribution in [0.1, 0.15) is 31.2 Å². The minimum Gasteiger partial charge on any atom is -0.378 e. The molecule has 6 heteroatoms. The fourth-order valence-electron chi connectivity index (χ4n) is 3.53. The van der Waals surface area contributed by atoms with Gasteiger partial charge in [-0.1, -0.05) is 24.1 Å². The summed E-state index contributed by atoms with van der Waals surface area (Å²) >= 11 is 0. The molecule has 4 nitrogen and oxygen atoms in total. The lowest BCUT2D eigenvalue weighted by Crippen LogP contribution is -2.34. The molecule has 1 aliphatic carbocycles. The molecule has 1 fully saturated rings. The number of sulfone groups is 1. The number of hydrogen-bond donors (Lipinski definition) is 1. The molecule has 0 saturated heterocycles. The van der Waals surface area contributed by atoms with Crippen LogP contribution in [0.4, 0.5) is 4.39 Å². The van der Waals surface area contributed by atoms with Gasteiger partial charge in [-0.3, -0.25) is 0 Å². The molecular weight excluding hydrogens is 377 g/mol. The Morgan fingerprint density at radius 2 is 1.82 bits per heavy atom. The van der Waals surface area contributed by atoms with Gasteiger partial charge in [0.15, 0.2) is 9.84 Å². The van der Waals surface area contributed by atoms with E-state index in [0.29, 0.717) is 36.8 Å². The van der Waals surface area contributed by atoms with Gasteiger partial charge in [-0.25, -0.2) is 12.8 Å². The van der Waals surface area contributed by atoms with Crippen molar-refractivity contribution in [3.63, 3.8) is 0 Å². The van der Waals surface area contributed by atoms with Gasteiger partial charge in [0.1, 0.15) is 11.4 Å². The lowest BCUT2D eigenvalue weighted by molar-refractivity contribution is 0.0477. The highest BCUT2D eigenvalue weighted by Crippen LogP contribution is 2.33. The van der Waals surface area contributed by atoms with Crippen molar-refractivity contribution in [2.45, 2.75) is 36.2 Å². The molecule has 0 amide bonds. The molecule has 3 rings (SSSR count). The normalized spacial score (nSPS) is 22.2. The van der Waals surface area contributed by atoms with Crippen molar-refractivity contribution in [1.82, 2.24) is 0 Å². The monoisotopic (exact) mass is 397 g/mol. The number of aliphatic hydroxyl groups is 1. The van der Waals surface area contributed by atoms with Crippen LogP contribution < -0.4 is 0 Å². The zero-order valence-corrected chi connectivity index (χ0v) is 16.0. The number of nitrogens with zero attached hydrogens (tertiary/aromatic N) is 1. The lowest BCUT2D eigenvalue weighted by Gasteiger charge is -2.31. The Kier molecular flexibility index (Phi) is 5.56. The highest BCUT2D eigenvalue weighted by Gasteiger charge is 2.33. The van der Waals surface area contributed by atoms with Gasteiger partial charge >= 0.3 is 0 Å². The van der Waals surface area contributed by atoms with Crippen LogP contribution in [0.3, 0.4) is 0 Å². The molecule has 0 unspecified atom stereocenters. The Labute approximate surface area is 164 Å². The van der Waals surface area contributed by atoms with E-state index in [2.05, 4.69) is 5.92 Å². The largest absolute Gasteiger partial charge is 0.378 e. The molecule has 144 valence electrons. The second-order valence-electron chi connectivity index (χ2n) is 7.23. The molecule has 1 N–H and O–H groups in total. The van der Waals surface area contributed by atoms with Crippen molar-refractivity contribution in [1.29, 1.82) is 5.26 Å². The van der Waals surface area contributed by atoms with E-state index >= 15 is 0 Å². The second-order valence-corrected chi connectivity index (χ2v) is 9.27. The number of halogens is 1. The molecule has 0 aromatic heterocycles. The van der Waals surface area contributed by atoms with Gasteiger partial charge in [-0.15, -0.1) is 6.42 Å². The lowest BCUT2D eigenvalue weighted by atomic mass is 9.80. The SMILES string of the molecule is C#CC1(O)CCC(CS(=O)(=O)c2ccc(-c3ccc(C#N)cc3F)cc2)CC1. The van der Waals surface area contributed by atoms with E-state index in [4.69, 9.17) is 11.7 Å². The maximum absolute atomic E-state index is 14.2. The standard InChI is InChI=1S/C22H20FNO3S/c1-2-22(25)11-9-16(10-12-22)15-28(26,27)19-6-4-18(5-7-19)20-8-3-17(14-24)13-21(20)23/h1,3-8,13,16,25H,9-12,15H2. The van der Waals surface area contributed by atoms with E-state index in [9.17, 15) is 17.9 Å². The Hall–Kier alpha value is -2.67. The first-order valence-corrected chi connectivity index (χ1v) is 10.6. The molecule has 28 heavy (non-hydrogen) atoms. The number of benzene rings is 2. The third kappa shape index (κ3) is 4.25. The van der Waals surface area contributed by atoms with Crippen LogP contribution in [-0.2, 0) is 9.84 Å². The van der Waals surface area contributed by atoms with Crippen LogP contribution in [0.25, 0.3) is 11.1 Å². The number of hydrogen-bond acceptors (Lipinski definition) is 4. The summed E-state index contributed by atoms with van der Waals surface area (Å²) in [4.78, 5) is 0.183. The first kappa shape index (κ1) is 20.1. The second kappa shape index (κ2) is 7.75. The van der Waals surface area contributed by atoms with E-state index in [1.165, 1.54) is 24.3 Å². The molecule has 0 aliphatic heterocycles. The smallest absolute Gasteiger partial charge is 0.178 e. The molecule has 0 heterocycles.